The van der Waals surface area contributed by atoms with Crippen LogP contribution in [0.15, 0.2) is 30.5 Å². The molecular formula is C18H14F4N4O5. The number of halogens is 4. The van der Waals surface area contributed by atoms with E-state index in [-0.39, 0.29) is 17.2 Å². The largest absolute Gasteiger partial charge is 0.494 e. The summed E-state index contributed by atoms with van der Waals surface area (Å²) in [5.41, 5.74) is -3.25. The van der Waals surface area contributed by atoms with Gasteiger partial charge in [-0.3, -0.25) is 10.1 Å². The van der Waals surface area contributed by atoms with Crippen LogP contribution in [0.2, 0.25) is 0 Å². The fourth-order valence-electron chi connectivity index (χ4n) is 2.93. The summed E-state index contributed by atoms with van der Waals surface area (Å²) >= 11 is 0. The monoisotopic (exact) mass is 442 g/mol. The third-order valence-corrected chi connectivity index (χ3v) is 4.28. The number of hydrogen-bond donors (Lipinski definition) is 0. The van der Waals surface area contributed by atoms with Crippen LogP contribution in [0.4, 0.5) is 23.2 Å². The van der Waals surface area contributed by atoms with Gasteiger partial charge in [0.05, 0.1) is 38.1 Å². The number of aromatic nitrogens is 3. The molecule has 0 fully saturated rings. The van der Waals surface area contributed by atoms with E-state index in [9.17, 15) is 27.7 Å². The Bertz CT molecular complexity index is 1150. The molecule has 0 aliphatic rings. The van der Waals surface area contributed by atoms with Crippen LogP contribution in [0.5, 0.6) is 17.2 Å². The maximum atomic E-state index is 13.9. The van der Waals surface area contributed by atoms with E-state index < -0.39 is 39.6 Å². The van der Waals surface area contributed by atoms with Gasteiger partial charge in [-0.25, -0.2) is 9.07 Å². The van der Waals surface area contributed by atoms with Crippen LogP contribution >= 0.6 is 0 Å². The molecule has 3 rings (SSSR count). The molecule has 0 aliphatic heterocycles. The van der Waals surface area contributed by atoms with Crippen LogP contribution in [0.25, 0.3) is 16.9 Å². The lowest BCUT2D eigenvalue weighted by molar-refractivity contribution is -0.389. The molecular weight excluding hydrogens is 428 g/mol. The molecule has 0 radical (unpaired) electrons. The van der Waals surface area contributed by atoms with Crippen molar-refractivity contribution in [2.24, 2.45) is 0 Å². The van der Waals surface area contributed by atoms with Gasteiger partial charge in [0.1, 0.15) is 5.69 Å². The molecule has 31 heavy (non-hydrogen) atoms. The summed E-state index contributed by atoms with van der Waals surface area (Å²) in [6.45, 7) is 0. The van der Waals surface area contributed by atoms with Crippen molar-refractivity contribution >= 4 is 5.69 Å². The van der Waals surface area contributed by atoms with Crippen LogP contribution in [-0.4, -0.2) is 41.2 Å². The normalized spacial score (nSPS) is 11.3. The Morgan fingerprint density at radius 2 is 1.74 bits per heavy atom. The van der Waals surface area contributed by atoms with Crippen LogP contribution in [0, 0.1) is 15.9 Å². The van der Waals surface area contributed by atoms with Gasteiger partial charge in [-0.2, -0.15) is 13.2 Å². The van der Waals surface area contributed by atoms with Crippen molar-refractivity contribution in [1.29, 1.82) is 0 Å². The van der Waals surface area contributed by atoms with Crippen molar-refractivity contribution in [3.63, 3.8) is 0 Å². The highest BCUT2D eigenvalue weighted by molar-refractivity contribution is 5.69. The first-order valence-electron chi connectivity index (χ1n) is 8.39. The Kier molecular flexibility index (Phi) is 5.69. The molecule has 0 N–H and O–H groups in total. The molecule has 2 aromatic carbocycles. The van der Waals surface area contributed by atoms with E-state index in [2.05, 4.69) is 10.3 Å². The third kappa shape index (κ3) is 3.93. The summed E-state index contributed by atoms with van der Waals surface area (Å²) in [7, 11) is 3.35. The molecule has 0 atom stereocenters. The quantitative estimate of drug-likeness (QED) is 0.323. The molecule has 13 heteroatoms. The molecule has 3 aromatic rings. The Balaban J connectivity index is 2.26. The minimum atomic E-state index is -5.14. The SMILES string of the molecule is COc1cc(-c2cn(-c3cc(OC)c(OC)c([N+](=O)[O-])c3C(F)(F)F)nn2)ccc1F. The molecule has 0 bridgehead atoms. The van der Waals surface area contributed by atoms with Crippen molar-refractivity contribution in [3.05, 3.63) is 52.0 Å². The zero-order valence-corrected chi connectivity index (χ0v) is 16.2. The number of rotatable bonds is 6. The number of nitro benzene ring substituents is 1. The van der Waals surface area contributed by atoms with Crippen LogP contribution < -0.4 is 14.2 Å². The lowest BCUT2D eigenvalue weighted by Crippen LogP contribution is -2.16. The maximum absolute atomic E-state index is 13.9. The molecule has 0 amide bonds. The smallest absolute Gasteiger partial charge is 0.425 e. The minimum absolute atomic E-state index is 0.0730. The highest BCUT2D eigenvalue weighted by Gasteiger charge is 2.45. The Morgan fingerprint density at radius 1 is 1.06 bits per heavy atom. The molecule has 1 heterocycles. The molecule has 0 spiro atoms. The van der Waals surface area contributed by atoms with Crippen molar-refractivity contribution in [1.82, 2.24) is 15.0 Å². The number of alkyl halides is 3. The second-order valence-electron chi connectivity index (χ2n) is 6.01. The fraction of sp³-hybridized carbons (Fsp3) is 0.222. The Labute approximate surface area is 171 Å². The fourth-order valence-corrected chi connectivity index (χ4v) is 2.93. The molecule has 164 valence electrons. The summed E-state index contributed by atoms with van der Waals surface area (Å²) in [4.78, 5) is 10.3. The average Bonchev–Trinajstić information content (AvgIpc) is 3.21. The van der Waals surface area contributed by atoms with Crippen molar-refractivity contribution in [3.8, 4) is 34.2 Å². The molecule has 0 saturated carbocycles. The van der Waals surface area contributed by atoms with E-state index in [1.54, 1.807) is 0 Å². The molecule has 0 aliphatic carbocycles. The van der Waals surface area contributed by atoms with Crippen LogP contribution in [0.3, 0.4) is 0 Å². The number of hydrogen-bond acceptors (Lipinski definition) is 7. The van der Waals surface area contributed by atoms with E-state index in [0.29, 0.717) is 10.2 Å². The number of benzene rings is 2. The van der Waals surface area contributed by atoms with Crippen molar-refractivity contribution in [2.45, 2.75) is 6.18 Å². The zero-order chi connectivity index (χ0) is 22.9. The number of methoxy groups -OCH3 is 3. The van der Waals surface area contributed by atoms with Gasteiger partial charge < -0.3 is 14.2 Å². The first-order valence-corrected chi connectivity index (χ1v) is 8.39. The van der Waals surface area contributed by atoms with Crippen molar-refractivity contribution in [2.75, 3.05) is 21.3 Å². The summed E-state index contributed by atoms with van der Waals surface area (Å²) in [6, 6.07) is 4.60. The van der Waals surface area contributed by atoms with Gasteiger partial charge in [0, 0.05) is 11.6 Å². The lowest BCUT2D eigenvalue weighted by Gasteiger charge is -2.17. The topological polar surface area (TPSA) is 102 Å². The maximum Gasteiger partial charge on any atom is 0.425 e. The van der Waals surface area contributed by atoms with Gasteiger partial charge >= 0.3 is 11.9 Å². The van der Waals surface area contributed by atoms with Crippen LogP contribution in [-0.2, 0) is 6.18 Å². The highest BCUT2D eigenvalue weighted by atomic mass is 19.4. The van der Waals surface area contributed by atoms with Gasteiger partial charge in [-0.15, -0.1) is 5.10 Å². The number of nitro groups is 1. The lowest BCUT2D eigenvalue weighted by atomic mass is 10.1. The third-order valence-electron chi connectivity index (χ3n) is 4.28. The minimum Gasteiger partial charge on any atom is -0.494 e. The van der Waals surface area contributed by atoms with Gasteiger partial charge in [-0.05, 0) is 18.2 Å². The van der Waals surface area contributed by atoms with Gasteiger partial charge in [0.2, 0.25) is 5.75 Å². The molecule has 0 unspecified atom stereocenters. The summed E-state index contributed by atoms with van der Waals surface area (Å²) in [6.07, 6.45) is -4.03. The van der Waals surface area contributed by atoms with Crippen LogP contribution in [0.1, 0.15) is 5.56 Å². The van der Waals surface area contributed by atoms with E-state index in [1.165, 1.54) is 19.2 Å². The Hall–Kier alpha value is -3.90. The Morgan fingerprint density at radius 3 is 2.29 bits per heavy atom. The number of ether oxygens (including phenoxy) is 3. The van der Waals surface area contributed by atoms with E-state index in [4.69, 9.17) is 14.2 Å². The first-order chi connectivity index (χ1) is 14.6. The summed E-state index contributed by atoms with van der Waals surface area (Å²) in [5, 5.41) is 19.0. The highest BCUT2D eigenvalue weighted by Crippen LogP contribution is 2.49. The standard InChI is InChI=1S/C18H14F4N4O5/c1-29-13-6-9(4-5-10(13)19)11-8-25(24-23-11)12-7-14(30-2)17(31-3)16(26(27)28)15(12)18(20,21)22/h4-8H,1-3H3. The van der Waals surface area contributed by atoms with E-state index >= 15 is 0 Å². The molecule has 0 saturated heterocycles. The number of nitrogens with zero attached hydrogens (tertiary/aromatic N) is 4. The van der Waals surface area contributed by atoms with Gasteiger partial charge in [0.25, 0.3) is 0 Å². The second-order valence-corrected chi connectivity index (χ2v) is 6.01. The predicted molar refractivity (Wildman–Crippen MR) is 98.1 cm³/mol. The first kappa shape index (κ1) is 21.8. The van der Waals surface area contributed by atoms with Gasteiger partial charge in [-0.1, -0.05) is 5.21 Å². The molecule has 1 aromatic heterocycles. The predicted octanol–water partition coefficient (Wildman–Crippen LogP) is 4.03. The van der Waals surface area contributed by atoms with E-state index in [1.807, 2.05) is 0 Å². The summed E-state index contributed by atoms with van der Waals surface area (Å²) in [5.74, 6) is -1.75. The van der Waals surface area contributed by atoms with Crippen molar-refractivity contribution < 1.29 is 36.7 Å². The van der Waals surface area contributed by atoms with Gasteiger partial charge in [0.15, 0.2) is 22.9 Å². The zero-order valence-electron chi connectivity index (χ0n) is 16.2. The second kappa shape index (κ2) is 8.08. The van der Waals surface area contributed by atoms with E-state index in [0.717, 1.165) is 32.5 Å². The summed E-state index contributed by atoms with van der Waals surface area (Å²) < 4.78 is 70.6. The molecule has 9 nitrogen and oxygen atoms in total. The average molecular weight is 442 g/mol.